The normalized spacial score (nSPS) is 17.0. The molecule has 4 rings (SSSR count). The van der Waals surface area contributed by atoms with Crippen molar-refractivity contribution >= 4 is 28.6 Å². The molecule has 2 heterocycles. The van der Waals surface area contributed by atoms with E-state index in [4.69, 9.17) is 4.42 Å². The summed E-state index contributed by atoms with van der Waals surface area (Å²) in [6.45, 7) is 1.94. The first-order valence-electron chi connectivity index (χ1n) is 9.38. The Morgan fingerprint density at radius 3 is 2.60 bits per heavy atom. The van der Waals surface area contributed by atoms with Crippen molar-refractivity contribution in [1.29, 1.82) is 0 Å². The van der Waals surface area contributed by atoms with Crippen LogP contribution in [-0.2, 0) is 11.3 Å². The van der Waals surface area contributed by atoms with Crippen LogP contribution in [0.3, 0.4) is 0 Å². The van der Waals surface area contributed by atoms with E-state index in [9.17, 15) is 13.6 Å². The lowest BCUT2D eigenvalue weighted by Gasteiger charge is -2.21. The number of carbonyl (C=O) groups is 1. The highest BCUT2D eigenvalue weighted by Gasteiger charge is 2.35. The van der Waals surface area contributed by atoms with Crippen LogP contribution in [0.1, 0.15) is 39.7 Å². The van der Waals surface area contributed by atoms with E-state index in [0.717, 1.165) is 21.1 Å². The van der Waals surface area contributed by atoms with Gasteiger partial charge in [-0.25, -0.2) is 5.01 Å². The maximum atomic E-state index is 13.2. The Balaban J connectivity index is 1.66. The van der Waals surface area contributed by atoms with E-state index in [1.165, 1.54) is 12.1 Å². The van der Waals surface area contributed by atoms with Gasteiger partial charge in [-0.1, -0.05) is 29.8 Å². The summed E-state index contributed by atoms with van der Waals surface area (Å²) in [5.74, 6) is 0.459. The lowest BCUT2D eigenvalue weighted by molar-refractivity contribution is 0.0692. The van der Waals surface area contributed by atoms with Crippen LogP contribution in [0.4, 0.5) is 5.69 Å². The SMILES string of the molecule is Cc1cccc(C(=O)N2N=C(c3ccc(N(C)S(=O)[O-])cc3)CC2c2ccco2)c1. The van der Waals surface area contributed by atoms with Crippen molar-refractivity contribution in [2.75, 3.05) is 11.4 Å². The molecule has 0 radical (unpaired) electrons. The number of aryl methyl sites for hydroxylation is 1. The molecule has 0 aliphatic carbocycles. The first kappa shape index (κ1) is 20.1. The number of benzene rings is 2. The van der Waals surface area contributed by atoms with Crippen LogP contribution in [0.5, 0.6) is 0 Å². The van der Waals surface area contributed by atoms with Crippen molar-refractivity contribution < 1.29 is 18.0 Å². The number of hydrogen-bond acceptors (Lipinski definition) is 5. The summed E-state index contributed by atoms with van der Waals surface area (Å²) < 4.78 is 29.0. The molecule has 2 aromatic carbocycles. The fourth-order valence-electron chi connectivity index (χ4n) is 3.43. The fourth-order valence-corrected chi connectivity index (χ4v) is 3.73. The zero-order valence-electron chi connectivity index (χ0n) is 16.5. The Hall–Kier alpha value is -3.23. The Kier molecular flexibility index (Phi) is 5.52. The number of furan rings is 1. The van der Waals surface area contributed by atoms with Crippen LogP contribution < -0.4 is 4.31 Å². The van der Waals surface area contributed by atoms with Gasteiger partial charge in [0.25, 0.3) is 5.91 Å². The van der Waals surface area contributed by atoms with Crippen molar-refractivity contribution in [3.05, 3.63) is 89.4 Å². The minimum absolute atomic E-state index is 0.201. The number of hydrazone groups is 1. The molecule has 30 heavy (non-hydrogen) atoms. The van der Waals surface area contributed by atoms with Crippen LogP contribution in [0.25, 0.3) is 0 Å². The third-order valence-corrected chi connectivity index (χ3v) is 5.70. The predicted molar refractivity (Wildman–Crippen MR) is 114 cm³/mol. The lowest BCUT2D eigenvalue weighted by Crippen LogP contribution is -2.26. The largest absolute Gasteiger partial charge is 0.755 e. The molecule has 3 aromatic rings. The van der Waals surface area contributed by atoms with Gasteiger partial charge >= 0.3 is 0 Å². The maximum absolute atomic E-state index is 13.2. The average Bonchev–Trinajstić information content (AvgIpc) is 3.42. The Morgan fingerprint density at radius 1 is 1.20 bits per heavy atom. The summed E-state index contributed by atoms with van der Waals surface area (Å²) in [6.07, 6.45) is 2.07. The van der Waals surface area contributed by atoms with E-state index in [-0.39, 0.29) is 11.9 Å². The summed E-state index contributed by atoms with van der Waals surface area (Å²) in [6, 6.07) is 17.7. The van der Waals surface area contributed by atoms with E-state index < -0.39 is 11.3 Å². The van der Waals surface area contributed by atoms with Gasteiger partial charge in [-0.05, 0) is 48.9 Å². The van der Waals surface area contributed by atoms with Crippen molar-refractivity contribution in [1.82, 2.24) is 5.01 Å². The second-order valence-corrected chi connectivity index (χ2v) is 8.04. The molecule has 8 heteroatoms. The summed E-state index contributed by atoms with van der Waals surface area (Å²) in [5.41, 5.74) is 3.65. The molecular formula is C22H20N3O4S-. The van der Waals surface area contributed by atoms with Crippen molar-refractivity contribution in [3.8, 4) is 0 Å². The molecule has 1 aliphatic rings. The van der Waals surface area contributed by atoms with E-state index in [1.54, 1.807) is 42.7 Å². The average molecular weight is 422 g/mol. The van der Waals surface area contributed by atoms with Gasteiger partial charge in [0.15, 0.2) is 0 Å². The zero-order chi connectivity index (χ0) is 21.3. The number of anilines is 1. The molecule has 154 valence electrons. The van der Waals surface area contributed by atoms with Crippen LogP contribution in [0.15, 0.2) is 76.4 Å². The molecule has 1 aromatic heterocycles. The standard InChI is InChI=1S/C22H21N3O4S/c1-15-5-3-6-17(13-15)22(26)25-20(21-7-4-12-29-21)14-19(23-25)16-8-10-18(11-9-16)24(2)30(27)28/h3-13,20H,14H2,1-2H3,(H,27,28)/p-1. The second kappa shape index (κ2) is 8.25. The number of rotatable bonds is 5. The maximum Gasteiger partial charge on any atom is 0.274 e. The molecule has 0 saturated heterocycles. The number of carbonyl (C=O) groups excluding carboxylic acids is 1. The molecular weight excluding hydrogens is 402 g/mol. The topological polar surface area (TPSA) is 89.2 Å². The van der Waals surface area contributed by atoms with Crippen LogP contribution >= 0.6 is 0 Å². The summed E-state index contributed by atoms with van der Waals surface area (Å²) in [5, 5.41) is 6.08. The lowest BCUT2D eigenvalue weighted by atomic mass is 10.0. The van der Waals surface area contributed by atoms with Crippen LogP contribution in [-0.4, -0.2) is 32.4 Å². The van der Waals surface area contributed by atoms with E-state index in [1.807, 2.05) is 31.2 Å². The Bertz CT molecular complexity index is 1110. The van der Waals surface area contributed by atoms with E-state index in [0.29, 0.717) is 23.4 Å². The quantitative estimate of drug-likeness (QED) is 0.585. The monoisotopic (exact) mass is 422 g/mol. The van der Waals surface area contributed by atoms with Gasteiger partial charge in [0.2, 0.25) is 0 Å². The molecule has 0 bridgehead atoms. The minimum Gasteiger partial charge on any atom is -0.755 e. The van der Waals surface area contributed by atoms with Crippen molar-refractivity contribution in [2.24, 2.45) is 5.10 Å². The predicted octanol–water partition coefficient (Wildman–Crippen LogP) is 3.81. The molecule has 7 nitrogen and oxygen atoms in total. The molecule has 2 atom stereocenters. The van der Waals surface area contributed by atoms with E-state index in [2.05, 4.69) is 5.10 Å². The minimum atomic E-state index is -2.34. The first-order valence-corrected chi connectivity index (χ1v) is 10.4. The molecule has 0 saturated carbocycles. The highest BCUT2D eigenvalue weighted by molar-refractivity contribution is 7.80. The Morgan fingerprint density at radius 2 is 1.97 bits per heavy atom. The van der Waals surface area contributed by atoms with Crippen molar-refractivity contribution in [3.63, 3.8) is 0 Å². The number of amides is 1. The Labute approximate surface area is 177 Å². The highest BCUT2D eigenvalue weighted by atomic mass is 32.2. The molecule has 1 aliphatic heterocycles. The zero-order valence-corrected chi connectivity index (χ0v) is 17.3. The molecule has 2 unspecified atom stereocenters. The number of nitrogens with zero attached hydrogens (tertiary/aromatic N) is 3. The molecule has 0 spiro atoms. The van der Waals surface area contributed by atoms with Crippen LogP contribution in [0, 0.1) is 6.92 Å². The van der Waals surface area contributed by atoms with Gasteiger partial charge in [0.1, 0.15) is 11.8 Å². The van der Waals surface area contributed by atoms with E-state index >= 15 is 0 Å². The van der Waals surface area contributed by atoms with Gasteiger partial charge in [-0.3, -0.25) is 9.00 Å². The smallest absolute Gasteiger partial charge is 0.274 e. The summed E-state index contributed by atoms with van der Waals surface area (Å²) in [7, 11) is 1.47. The highest BCUT2D eigenvalue weighted by Crippen LogP contribution is 2.34. The first-order chi connectivity index (χ1) is 14.4. The molecule has 0 fully saturated rings. The number of hydrogen-bond donors (Lipinski definition) is 0. The fraction of sp³-hybridized carbons (Fsp3) is 0.182. The second-order valence-electron chi connectivity index (χ2n) is 7.06. The van der Waals surface area contributed by atoms with Crippen LogP contribution in [0.2, 0.25) is 0 Å². The summed E-state index contributed by atoms with van der Waals surface area (Å²) >= 11 is -2.34. The van der Waals surface area contributed by atoms with Gasteiger partial charge < -0.3 is 13.3 Å². The third-order valence-electron chi connectivity index (χ3n) is 5.04. The summed E-state index contributed by atoms with van der Waals surface area (Å²) in [4.78, 5) is 13.2. The third kappa shape index (κ3) is 3.92. The van der Waals surface area contributed by atoms with Gasteiger partial charge in [-0.2, -0.15) is 5.10 Å². The van der Waals surface area contributed by atoms with Gasteiger partial charge in [0, 0.05) is 36.0 Å². The van der Waals surface area contributed by atoms with Crippen molar-refractivity contribution in [2.45, 2.75) is 19.4 Å². The molecule has 1 amide bonds. The van der Waals surface area contributed by atoms with Gasteiger partial charge in [0.05, 0.1) is 12.0 Å². The molecule has 0 N–H and O–H groups in total. The van der Waals surface area contributed by atoms with Gasteiger partial charge in [-0.15, -0.1) is 0 Å².